The van der Waals surface area contributed by atoms with Crippen LogP contribution >= 0.6 is 0 Å². The van der Waals surface area contributed by atoms with Crippen molar-refractivity contribution in [2.24, 2.45) is 23.2 Å². The van der Waals surface area contributed by atoms with Crippen molar-refractivity contribution in [3.8, 4) is 5.75 Å². The molecule has 240 valence electrons. The predicted molar refractivity (Wildman–Crippen MR) is 153 cm³/mol. The Kier molecular flexibility index (Phi) is 10.6. The first-order chi connectivity index (χ1) is 19.6. The lowest BCUT2D eigenvalue weighted by molar-refractivity contribution is -0.284. The van der Waals surface area contributed by atoms with Gasteiger partial charge < -0.3 is 10.2 Å². The first-order valence-electron chi connectivity index (χ1n) is 15.8. The van der Waals surface area contributed by atoms with E-state index in [1.165, 1.54) is 11.1 Å². The third-order valence-electron chi connectivity index (χ3n) is 10.7. The van der Waals surface area contributed by atoms with Gasteiger partial charge in [-0.1, -0.05) is 51.5 Å². The van der Waals surface area contributed by atoms with Gasteiger partial charge in [0.1, 0.15) is 15.6 Å². The van der Waals surface area contributed by atoms with E-state index in [4.69, 9.17) is 0 Å². The molecule has 1 aromatic rings. The Morgan fingerprint density at radius 3 is 2.24 bits per heavy atom. The number of halogens is 5. The summed E-state index contributed by atoms with van der Waals surface area (Å²) in [6.45, 7) is 2.28. The summed E-state index contributed by atoms with van der Waals surface area (Å²) in [6.07, 6.45) is 4.22. The number of aliphatic hydroxyl groups is 1. The summed E-state index contributed by atoms with van der Waals surface area (Å²) in [5.41, 5.74) is 2.65. The van der Waals surface area contributed by atoms with Crippen molar-refractivity contribution >= 4 is 9.84 Å². The highest BCUT2D eigenvalue weighted by atomic mass is 32.2. The molecule has 42 heavy (non-hydrogen) atoms. The van der Waals surface area contributed by atoms with Crippen molar-refractivity contribution in [2.75, 3.05) is 11.5 Å². The molecule has 1 aromatic carbocycles. The predicted octanol–water partition coefficient (Wildman–Crippen LogP) is 8.35. The zero-order valence-electron chi connectivity index (χ0n) is 24.6. The minimum Gasteiger partial charge on any atom is -0.508 e. The van der Waals surface area contributed by atoms with E-state index < -0.39 is 40.5 Å². The van der Waals surface area contributed by atoms with E-state index in [2.05, 4.69) is 13.0 Å². The molecule has 0 radical (unpaired) electrons. The molecule has 2 saturated carbocycles. The summed E-state index contributed by atoms with van der Waals surface area (Å²) in [7, 11) is -3.64. The average Bonchev–Trinajstić information content (AvgIpc) is 3.20. The lowest BCUT2D eigenvalue weighted by Crippen LogP contribution is -2.47. The molecule has 0 aromatic heterocycles. The Morgan fingerprint density at radius 2 is 1.55 bits per heavy atom. The summed E-state index contributed by atoms with van der Waals surface area (Å²) in [5.74, 6) is -3.27. The van der Waals surface area contributed by atoms with Crippen LogP contribution in [0.4, 0.5) is 22.0 Å². The molecule has 0 heterocycles. The maximum absolute atomic E-state index is 13.0. The minimum atomic E-state index is -5.65. The quantitative estimate of drug-likeness (QED) is 0.162. The molecule has 4 rings (SSSR count). The maximum atomic E-state index is 13.0. The van der Waals surface area contributed by atoms with Crippen molar-refractivity contribution in [1.29, 1.82) is 0 Å². The molecule has 0 amide bonds. The third kappa shape index (κ3) is 7.62. The van der Waals surface area contributed by atoms with Crippen LogP contribution in [0.2, 0.25) is 0 Å². The Labute approximate surface area is 247 Å². The van der Waals surface area contributed by atoms with Crippen LogP contribution in [0.5, 0.6) is 5.75 Å². The number of fused-ring (bicyclic) bond motifs is 5. The van der Waals surface area contributed by atoms with Gasteiger partial charge in [0, 0.05) is 6.42 Å². The monoisotopic (exact) mass is 622 g/mol. The van der Waals surface area contributed by atoms with E-state index in [0.29, 0.717) is 42.3 Å². The third-order valence-corrected chi connectivity index (χ3v) is 12.5. The fourth-order valence-corrected chi connectivity index (χ4v) is 9.83. The number of hydrogen-bond acceptors (Lipinski definition) is 4. The molecular weight excluding hydrogens is 575 g/mol. The number of unbranched alkanes of at least 4 members (excludes halogenated alkanes) is 6. The van der Waals surface area contributed by atoms with Crippen LogP contribution in [0, 0.1) is 23.2 Å². The molecular formula is C32H47F5O4S. The molecule has 0 saturated heterocycles. The average molecular weight is 623 g/mol. The van der Waals surface area contributed by atoms with E-state index in [1.54, 1.807) is 0 Å². The lowest BCUT2D eigenvalue weighted by atomic mass is 9.52. The number of hydrogen-bond donors (Lipinski definition) is 2. The van der Waals surface area contributed by atoms with Crippen LogP contribution < -0.4 is 0 Å². The van der Waals surface area contributed by atoms with Gasteiger partial charge in [-0.05, 0) is 104 Å². The second-order valence-corrected chi connectivity index (χ2v) is 15.8. The number of alkyl halides is 5. The van der Waals surface area contributed by atoms with E-state index in [0.717, 1.165) is 70.6 Å². The molecule has 3 aliphatic carbocycles. The van der Waals surface area contributed by atoms with Crippen LogP contribution in [0.15, 0.2) is 18.2 Å². The first kappa shape index (κ1) is 33.5. The standard InChI is InChI=1S/C32H47F5O4S/c1-30-17-15-26-25-12-11-24(38)21-23(25)20-22(29(26)27(30)13-14-28(30)39)10-7-5-3-2-4-6-8-18-42(40,41)19-9-16-31(33,34)32(35,36)37/h11-12,21-22,26-29,38-39H,2-10,13-20H2,1H3/t22?,26-,27+,28+,29-,30+/m1/s1. The second-order valence-electron chi connectivity index (χ2n) is 13.5. The van der Waals surface area contributed by atoms with Gasteiger partial charge in [-0.25, -0.2) is 8.42 Å². The van der Waals surface area contributed by atoms with Gasteiger partial charge in [0.2, 0.25) is 0 Å². The van der Waals surface area contributed by atoms with Gasteiger partial charge in [-0.15, -0.1) is 0 Å². The van der Waals surface area contributed by atoms with E-state index in [1.807, 2.05) is 12.1 Å². The molecule has 2 N–H and O–H groups in total. The number of phenolic OH excluding ortho intramolecular Hbond substituents is 1. The smallest absolute Gasteiger partial charge is 0.453 e. The molecule has 0 aliphatic heterocycles. The van der Waals surface area contributed by atoms with Gasteiger partial charge in [0.25, 0.3) is 0 Å². The number of aliphatic hydroxyl groups excluding tert-OH is 1. The zero-order valence-corrected chi connectivity index (χ0v) is 25.5. The van der Waals surface area contributed by atoms with Crippen LogP contribution in [-0.2, 0) is 16.3 Å². The fourth-order valence-electron chi connectivity index (χ4n) is 8.40. The minimum absolute atomic E-state index is 0.00450. The van der Waals surface area contributed by atoms with Crippen LogP contribution in [0.3, 0.4) is 0 Å². The molecule has 2 fully saturated rings. The Bertz CT molecular complexity index is 1150. The molecule has 10 heteroatoms. The molecule has 0 spiro atoms. The molecule has 0 bridgehead atoms. The van der Waals surface area contributed by atoms with Crippen molar-refractivity contribution in [2.45, 2.75) is 127 Å². The van der Waals surface area contributed by atoms with Gasteiger partial charge in [0.05, 0.1) is 17.6 Å². The normalized spacial score (nSPS) is 29.6. The van der Waals surface area contributed by atoms with Gasteiger partial charge >= 0.3 is 12.1 Å². The van der Waals surface area contributed by atoms with E-state index >= 15 is 0 Å². The number of phenols is 1. The van der Waals surface area contributed by atoms with Gasteiger partial charge in [0.15, 0.2) is 0 Å². The zero-order chi connectivity index (χ0) is 30.8. The summed E-state index contributed by atoms with van der Waals surface area (Å²) >= 11 is 0. The van der Waals surface area contributed by atoms with Crippen LogP contribution in [0.25, 0.3) is 0 Å². The largest absolute Gasteiger partial charge is 0.508 e. The molecule has 1 unspecified atom stereocenters. The topological polar surface area (TPSA) is 74.6 Å². The highest BCUT2D eigenvalue weighted by Gasteiger charge is 2.57. The SMILES string of the molecule is C[C@]12CC[C@@H]3c4ccc(O)cc4CC(CCCCCCCCCS(=O)(=O)CCCC(F)(F)C(F)(F)F)[C@H]3[C@@H]1CC[C@@H]2O. The van der Waals surface area contributed by atoms with Gasteiger partial charge in [-0.3, -0.25) is 0 Å². The number of rotatable bonds is 14. The summed E-state index contributed by atoms with van der Waals surface area (Å²) in [6, 6.07) is 5.86. The van der Waals surface area contributed by atoms with E-state index in [-0.39, 0.29) is 17.3 Å². The van der Waals surface area contributed by atoms with Crippen LogP contribution in [0.1, 0.15) is 114 Å². The lowest BCUT2D eigenvalue weighted by Gasteiger charge is -2.53. The molecule has 6 atom stereocenters. The summed E-state index contributed by atoms with van der Waals surface area (Å²) in [5, 5.41) is 21.0. The Hall–Kier alpha value is -1.42. The Balaban J connectivity index is 1.17. The molecule has 4 nitrogen and oxygen atoms in total. The fraction of sp³-hybridized carbons (Fsp3) is 0.812. The second kappa shape index (κ2) is 13.3. The van der Waals surface area contributed by atoms with Crippen molar-refractivity contribution in [1.82, 2.24) is 0 Å². The molecule has 3 aliphatic rings. The maximum Gasteiger partial charge on any atom is 0.453 e. The number of sulfone groups is 1. The number of aromatic hydroxyl groups is 1. The summed E-state index contributed by atoms with van der Waals surface area (Å²) in [4.78, 5) is 0. The van der Waals surface area contributed by atoms with Crippen molar-refractivity contribution in [3.63, 3.8) is 0 Å². The number of benzene rings is 1. The van der Waals surface area contributed by atoms with Crippen molar-refractivity contribution in [3.05, 3.63) is 29.3 Å². The Morgan fingerprint density at radius 1 is 0.905 bits per heavy atom. The van der Waals surface area contributed by atoms with E-state index in [9.17, 15) is 40.6 Å². The first-order valence-corrected chi connectivity index (χ1v) is 17.6. The highest BCUT2D eigenvalue weighted by molar-refractivity contribution is 7.91. The van der Waals surface area contributed by atoms with Crippen molar-refractivity contribution < 1.29 is 40.6 Å². The summed E-state index contributed by atoms with van der Waals surface area (Å²) < 4.78 is 86.8. The van der Waals surface area contributed by atoms with Gasteiger partial charge in [-0.2, -0.15) is 22.0 Å². The highest BCUT2D eigenvalue weighted by Crippen LogP contribution is 2.62. The van der Waals surface area contributed by atoms with Crippen LogP contribution in [-0.4, -0.2) is 48.3 Å².